The van der Waals surface area contributed by atoms with Crippen molar-refractivity contribution in [2.24, 2.45) is 0 Å². The van der Waals surface area contributed by atoms with E-state index < -0.39 is 10.0 Å². The summed E-state index contributed by atoms with van der Waals surface area (Å²) in [5.74, 6) is -0.0783. The lowest BCUT2D eigenvalue weighted by molar-refractivity contribution is -0.111. The molecule has 0 saturated carbocycles. The number of rotatable bonds is 8. The first-order chi connectivity index (χ1) is 14.4. The van der Waals surface area contributed by atoms with Crippen LogP contribution in [0.5, 0.6) is 5.75 Å². The van der Waals surface area contributed by atoms with E-state index in [2.05, 4.69) is 21.5 Å². The average molecular weight is 428 g/mol. The van der Waals surface area contributed by atoms with Gasteiger partial charge in [-0.1, -0.05) is 13.0 Å². The Labute approximate surface area is 176 Å². The number of hydrogen-bond donors (Lipinski definition) is 2. The topological polar surface area (TPSA) is 89.4 Å². The summed E-state index contributed by atoms with van der Waals surface area (Å²) in [6.45, 7) is 3.08. The number of aromatic nitrogens is 1. The standard InChI is InChI=1S/C22H25N3O4S/c1-4-12-25-13-11-17-15-18(7-8-19(17)25)24-22(26)10-6-16-5-9-20(29-3)21(14-16)30(27,28)23-2/h5-11,13-15,23H,4,12H2,1-3H3,(H,24,26). The first-order valence-corrected chi connectivity index (χ1v) is 11.1. The van der Waals surface area contributed by atoms with Crippen molar-refractivity contribution in [3.05, 3.63) is 60.3 Å². The molecule has 3 rings (SSSR count). The second kappa shape index (κ2) is 9.15. The normalized spacial score (nSPS) is 11.8. The van der Waals surface area contributed by atoms with Gasteiger partial charge in [0.1, 0.15) is 10.6 Å². The van der Waals surface area contributed by atoms with Crippen LogP contribution < -0.4 is 14.8 Å². The fourth-order valence-corrected chi connectivity index (χ4v) is 4.11. The molecule has 0 aliphatic rings. The zero-order chi connectivity index (χ0) is 21.7. The van der Waals surface area contributed by atoms with Crippen LogP contribution in [0, 0.1) is 0 Å². The average Bonchev–Trinajstić information content (AvgIpc) is 3.14. The molecule has 1 heterocycles. The molecular formula is C22H25N3O4S. The summed E-state index contributed by atoms with van der Waals surface area (Å²) in [5.41, 5.74) is 2.38. The van der Waals surface area contributed by atoms with Crippen LogP contribution in [0.1, 0.15) is 18.9 Å². The second-order valence-electron chi connectivity index (χ2n) is 6.72. The molecule has 2 aromatic carbocycles. The van der Waals surface area contributed by atoms with Crippen molar-refractivity contribution in [3.63, 3.8) is 0 Å². The number of aryl methyl sites for hydroxylation is 1. The molecule has 158 valence electrons. The predicted molar refractivity (Wildman–Crippen MR) is 119 cm³/mol. The smallest absolute Gasteiger partial charge is 0.248 e. The largest absolute Gasteiger partial charge is 0.495 e. The molecule has 8 heteroatoms. The summed E-state index contributed by atoms with van der Waals surface area (Å²) in [5, 5.41) is 3.89. The van der Waals surface area contributed by atoms with Gasteiger partial charge in [0, 0.05) is 35.4 Å². The van der Waals surface area contributed by atoms with Gasteiger partial charge in [-0.05, 0) is 61.5 Å². The van der Waals surface area contributed by atoms with Crippen molar-refractivity contribution >= 4 is 38.6 Å². The van der Waals surface area contributed by atoms with Crippen LogP contribution in [-0.4, -0.2) is 33.0 Å². The van der Waals surface area contributed by atoms with Gasteiger partial charge in [0.15, 0.2) is 0 Å². The number of ether oxygens (including phenoxy) is 1. The maximum atomic E-state index is 12.3. The summed E-state index contributed by atoms with van der Waals surface area (Å²) in [6.07, 6.45) is 6.01. The molecular weight excluding hydrogens is 402 g/mol. The van der Waals surface area contributed by atoms with Gasteiger partial charge in [0.05, 0.1) is 7.11 Å². The lowest BCUT2D eigenvalue weighted by Crippen LogP contribution is -2.19. The maximum absolute atomic E-state index is 12.3. The van der Waals surface area contributed by atoms with Crippen LogP contribution in [-0.2, 0) is 21.4 Å². The molecule has 1 amide bonds. The summed E-state index contributed by atoms with van der Waals surface area (Å²) in [7, 11) is -0.951. The zero-order valence-electron chi connectivity index (χ0n) is 17.2. The highest BCUT2D eigenvalue weighted by atomic mass is 32.2. The van der Waals surface area contributed by atoms with Crippen molar-refractivity contribution in [2.75, 3.05) is 19.5 Å². The Kier molecular flexibility index (Phi) is 6.59. The van der Waals surface area contributed by atoms with Crippen molar-refractivity contribution in [1.82, 2.24) is 9.29 Å². The van der Waals surface area contributed by atoms with Crippen molar-refractivity contribution in [3.8, 4) is 5.75 Å². The number of carbonyl (C=O) groups is 1. The minimum atomic E-state index is -3.69. The van der Waals surface area contributed by atoms with Gasteiger partial charge >= 0.3 is 0 Å². The van der Waals surface area contributed by atoms with Crippen LogP contribution in [0.15, 0.2) is 59.6 Å². The lowest BCUT2D eigenvalue weighted by Gasteiger charge is -2.09. The third kappa shape index (κ3) is 4.72. The molecule has 0 fully saturated rings. The molecule has 7 nitrogen and oxygen atoms in total. The van der Waals surface area contributed by atoms with Crippen molar-refractivity contribution < 1.29 is 17.9 Å². The summed E-state index contributed by atoms with van der Waals surface area (Å²) < 4.78 is 33.9. The number of benzene rings is 2. The van der Waals surface area contributed by atoms with Gasteiger partial charge in [-0.3, -0.25) is 4.79 Å². The highest BCUT2D eigenvalue weighted by Gasteiger charge is 2.17. The Balaban J connectivity index is 1.76. The number of methoxy groups -OCH3 is 1. The van der Waals surface area contributed by atoms with Crippen LogP contribution >= 0.6 is 0 Å². The zero-order valence-corrected chi connectivity index (χ0v) is 18.0. The molecule has 0 aliphatic heterocycles. The third-order valence-electron chi connectivity index (χ3n) is 4.68. The molecule has 0 spiro atoms. The third-order valence-corrected chi connectivity index (χ3v) is 6.11. The molecule has 0 saturated heterocycles. The molecule has 3 aromatic rings. The van der Waals surface area contributed by atoms with Crippen molar-refractivity contribution in [1.29, 1.82) is 0 Å². The fraction of sp³-hybridized carbons (Fsp3) is 0.227. The monoisotopic (exact) mass is 427 g/mol. The Morgan fingerprint density at radius 2 is 1.97 bits per heavy atom. The minimum absolute atomic E-state index is 0.0112. The summed E-state index contributed by atoms with van der Waals surface area (Å²) >= 11 is 0. The van der Waals surface area contributed by atoms with Gasteiger partial charge in [-0.2, -0.15) is 0 Å². The molecule has 0 bridgehead atoms. The molecule has 30 heavy (non-hydrogen) atoms. The van der Waals surface area contributed by atoms with Gasteiger partial charge in [0.25, 0.3) is 0 Å². The fourth-order valence-electron chi connectivity index (χ4n) is 3.19. The van der Waals surface area contributed by atoms with Gasteiger partial charge in [-0.15, -0.1) is 0 Å². The second-order valence-corrected chi connectivity index (χ2v) is 8.58. The number of hydrogen-bond acceptors (Lipinski definition) is 4. The van der Waals surface area contributed by atoms with Gasteiger partial charge in [0.2, 0.25) is 15.9 Å². The number of nitrogens with one attached hydrogen (secondary N) is 2. The number of nitrogens with zero attached hydrogens (tertiary/aromatic N) is 1. The molecule has 0 radical (unpaired) electrons. The SMILES string of the molecule is CCCn1ccc2cc(NC(=O)C=Cc3ccc(OC)c(S(=O)(=O)NC)c3)ccc21. The molecule has 0 aliphatic carbocycles. The predicted octanol–water partition coefficient (Wildman–Crippen LogP) is 3.62. The number of sulfonamides is 1. The number of fused-ring (bicyclic) bond motifs is 1. The Morgan fingerprint density at radius 3 is 2.67 bits per heavy atom. The van der Waals surface area contributed by atoms with E-state index in [1.54, 1.807) is 18.2 Å². The van der Waals surface area contributed by atoms with E-state index in [0.29, 0.717) is 11.3 Å². The van der Waals surface area contributed by atoms with Crippen LogP contribution in [0.25, 0.3) is 17.0 Å². The molecule has 0 atom stereocenters. The van der Waals surface area contributed by atoms with Crippen molar-refractivity contribution in [2.45, 2.75) is 24.8 Å². The van der Waals surface area contributed by atoms with E-state index >= 15 is 0 Å². The van der Waals surface area contributed by atoms with E-state index in [4.69, 9.17) is 4.74 Å². The Bertz CT molecular complexity index is 1200. The molecule has 1 aromatic heterocycles. The van der Waals surface area contributed by atoms with E-state index in [1.165, 1.54) is 26.3 Å². The van der Waals surface area contributed by atoms with E-state index in [1.807, 2.05) is 30.5 Å². The Morgan fingerprint density at radius 1 is 1.17 bits per heavy atom. The highest BCUT2D eigenvalue weighted by Crippen LogP contribution is 2.25. The lowest BCUT2D eigenvalue weighted by atomic mass is 10.2. The molecule has 0 unspecified atom stereocenters. The van der Waals surface area contributed by atoms with E-state index in [9.17, 15) is 13.2 Å². The maximum Gasteiger partial charge on any atom is 0.248 e. The summed E-state index contributed by atoms with van der Waals surface area (Å²) in [6, 6.07) is 12.5. The minimum Gasteiger partial charge on any atom is -0.495 e. The quantitative estimate of drug-likeness (QED) is 0.538. The Hall–Kier alpha value is -3.10. The number of anilines is 1. The van der Waals surface area contributed by atoms with Gasteiger partial charge < -0.3 is 14.6 Å². The number of carbonyl (C=O) groups excluding carboxylic acids is 1. The number of amides is 1. The first kappa shape index (κ1) is 21.6. The van der Waals surface area contributed by atoms with E-state index in [-0.39, 0.29) is 16.6 Å². The highest BCUT2D eigenvalue weighted by molar-refractivity contribution is 7.89. The van der Waals surface area contributed by atoms with Crippen LogP contribution in [0.3, 0.4) is 0 Å². The molecule has 2 N–H and O–H groups in total. The van der Waals surface area contributed by atoms with Crippen LogP contribution in [0.4, 0.5) is 5.69 Å². The van der Waals surface area contributed by atoms with Crippen LogP contribution in [0.2, 0.25) is 0 Å². The van der Waals surface area contributed by atoms with E-state index in [0.717, 1.165) is 23.9 Å². The summed E-state index contributed by atoms with van der Waals surface area (Å²) in [4.78, 5) is 12.3. The van der Waals surface area contributed by atoms with Gasteiger partial charge in [-0.25, -0.2) is 13.1 Å². The first-order valence-electron chi connectivity index (χ1n) is 9.57.